The van der Waals surface area contributed by atoms with Crippen molar-refractivity contribution < 1.29 is 0 Å². The molecule has 0 amide bonds. The van der Waals surface area contributed by atoms with E-state index in [1.165, 1.54) is 17.3 Å². The number of pyridine rings is 1. The Morgan fingerprint density at radius 3 is 2.67 bits per heavy atom. The Hall–Kier alpha value is -1.81. The number of hydrogen-bond donors (Lipinski definition) is 2. The zero-order chi connectivity index (χ0) is 15.6. The van der Waals surface area contributed by atoms with Crippen LogP contribution in [0.1, 0.15) is 31.9 Å². The molecule has 110 valence electrons. The molecule has 3 nitrogen and oxygen atoms in total. The van der Waals surface area contributed by atoms with Crippen LogP contribution in [-0.2, 0) is 0 Å². The van der Waals surface area contributed by atoms with E-state index < -0.39 is 0 Å². The van der Waals surface area contributed by atoms with Crippen LogP contribution in [0.5, 0.6) is 0 Å². The Kier molecular flexibility index (Phi) is 4.68. The van der Waals surface area contributed by atoms with Gasteiger partial charge in [0, 0.05) is 22.5 Å². The molecule has 0 aliphatic heterocycles. The van der Waals surface area contributed by atoms with Gasteiger partial charge in [-0.3, -0.25) is 5.41 Å². The third-order valence-electron chi connectivity index (χ3n) is 3.08. The number of nitrogens with one attached hydrogen (secondary N) is 2. The molecule has 21 heavy (non-hydrogen) atoms. The van der Waals surface area contributed by atoms with Gasteiger partial charge in [-0.05, 0) is 56.3 Å². The number of fused-ring (bicyclic) bond motifs is 1. The van der Waals surface area contributed by atoms with Crippen molar-refractivity contribution in [3.8, 4) is 0 Å². The second-order valence-electron chi connectivity index (χ2n) is 5.46. The molecule has 0 aliphatic rings. The molecule has 0 spiro atoms. The van der Waals surface area contributed by atoms with E-state index in [0.717, 1.165) is 27.1 Å². The summed E-state index contributed by atoms with van der Waals surface area (Å²) in [4.78, 5) is 5.36. The van der Waals surface area contributed by atoms with Crippen molar-refractivity contribution in [3.05, 3.63) is 42.1 Å². The van der Waals surface area contributed by atoms with Gasteiger partial charge >= 0.3 is 0 Å². The predicted octanol–water partition coefficient (Wildman–Crippen LogP) is 5.06. The third-order valence-corrected chi connectivity index (χ3v) is 3.87. The Labute approximate surface area is 130 Å². The summed E-state index contributed by atoms with van der Waals surface area (Å²) in [5.74, 6) is 0.885. The third kappa shape index (κ3) is 3.85. The van der Waals surface area contributed by atoms with Crippen LogP contribution in [-0.4, -0.2) is 16.1 Å². The smallest absolute Gasteiger partial charge is 0.126 e. The van der Waals surface area contributed by atoms with Crippen LogP contribution >= 0.6 is 11.8 Å². The van der Waals surface area contributed by atoms with Crippen molar-refractivity contribution in [1.82, 2.24) is 4.98 Å². The Morgan fingerprint density at radius 1 is 1.33 bits per heavy atom. The van der Waals surface area contributed by atoms with Gasteiger partial charge in [0.2, 0.25) is 0 Å². The molecule has 0 saturated carbocycles. The van der Waals surface area contributed by atoms with Crippen LogP contribution in [0.4, 0.5) is 5.82 Å². The first kappa shape index (κ1) is 15.6. The Balaban J connectivity index is 2.46. The van der Waals surface area contributed by atoms with Gasteiger partial charge in [-0.2, -0.15) is 0 Å². The molecular weight excluding hydrogens is 278 g/mol. The Morgan fingerprint density at radius 2 is 2.05 bits per heavy atom. The van der Waals surface area contributed by atoms with E-state index >= 15 is 0 Å². The summed E-state index contributed by atoms with van der Waals surface area (Å²) in [6.45, 7) is 12.1. The molecule has 4 heteroatoms. The van der Waals surface area contributed by atoms with Gasteiger partial charge in [0.15, 0.2) is 0 Å². The van der Waals surface area contributed by atoms with Crippen molar-refractivity contribution in [3.63, 3.8) is 0 Å². The van der Waals surface area contributed by atoms with E-state index in [2.05, 4.69) is 55.9 Å². The van der Waals surface area contributed by atoms with Gasteiger partial charge in [-0.1, -0.05) is 24.4 Å². The maximum absolute atomic E-state index is 7.58. The zero-order valence-corrected chi connectivity index (χ0v) is 13.8. The molecule has 0 atom stereocenters. The highest BCUT2D eigenvalue weighted by atomic mass is 32.2. The molecule has 1 aromatic heterocycles. The summed E-state index contributed by atoms with van der Waals surface area (Å²) in [6.07, 6.45) is 1.91. The first-order valence-electron chi connectivity index (χ1n) is 6.96. The fourth-order valence-corrected chi connectivity index (χ4v) is 2.82. The number of aromatic nitrogens is 1. The van der Waals surface area contributed by atoms with Crippen molar-refractivity contribution in [2.75, 3.05) is 5.32 Å². The van der Waals surface area contributed by atoms with Crippen LogP contribution in [0.2, 0.25) is 0 Å². The van der Waals surface area contributed by atoms with Gasteiger partial charge in [-0.15, -0.1) is 0 Å². The number of hydrogen-bond acceptors (Lipinski definition) is 4. The number of benzene rings is 1. The summed E-state index contributed by atoms with van der Waals surface area (Å²) < 4.78 is 0. The Bertz CT molecular complexity index is 704. The van der Waals surface area contributed by atoms with Crippen LogP contribution in [0.3, 0.4) is 0 Å². The summed E-state index contributed by atoms with van der Waals surface area (Å²) >= 11 is 1.40. The van der Waals surface area contributed by atoms with E-state index in [0.29, 0.717) is 11.1 Å². The normalized spacial score (nSPS) is 10.9. The van der Waals surface area contributed by atoms with Crippen molar-refractivity contribution in [2.45, 2.75) is 33.7 Å². The molecule has 0 aliphatic carbocycles. The van der Waals surface area contributed by atoms with E-state index in [-0.39, 0.29) is 0 Å². The monoisotopic (exact) mass is 299 g/mol. The fourth-order valence-electron chi connectivity index (χ4n) is 2.22. The van der Waals surface area contributed by atoms with Gasteiger partial charge in [0.05, 0.1) is 5.04 Å². The number of rotatable bonds is 4. The second kappa shape index (κ2) is 6.31. The average Bonchev–Trinajstić information content (AvgIpc) is 2.36. The lowest BCUT2D eigenvalue weighted by molar-refractivity contribution is 0.890. The quantitative estimate of drug-likeness (QED) is 0.612. The molecule has 0 fully saturated rings. The molecule has 2 rings (SSSR count). The summed E-state index contributed by atoms with van der Waals surface area (Å²) in [7, 11) is 0. The maximum Gasteiger partial charge on any atom is 0.126 e. The second-order valence-corrected chi connectivity index (χ2v) is 6.77. The van der Waals surface area contributed by atoms with Gasteiger partial charge in [-0.25, -0.2) is 4.98 Å². The van der Waals surface area contributed by atoms with Crippen LogP contribution < -0.4 is 5.32 Å². The van der Waals surface area contributed by atoms with Crippen molar-refractivity contribution >= 4 is 38.3 Å². The van der Waals surface area contributed by atoms with Crippen LogP contribution in [0.25, 0.3) is 15.7 Å². The number of nitrogens with zero attached hydrogens (tertiary/aromatic N) is 1. The molecule has 1 heterocycles. The highest BCUT2D eigenvalue weighted by Crippen LogP contribution is 2.31. The SMILES string of the molecule is C=C(SC(C)=N)c1cc(C)c2cnc(NC(C)C)cc2c1. The lowest BCUT2D eigenvalue weighted by Crippen LogP contribution is -2.10. The number of thioether (sulfide) groups is 1. The lowest BCUT2D eigenvalue weighted by Gasteiger charge is -2.12. The van der Waals surface area contributed by atoms with Crippen molar-refractivity contribution in [2.24, 2.45) is 0 Å². The standard InChI is InChI=1S/C17H21N3S/c1-10(2)20-17-8-15-7-14(12(4)21-13(5)18)6-11(3)16(15)9-19-17/h6-10,18H,4H2,1-3,5H3,(H,19,20). The van der Waals surface area contributed by atoms with Crippen molar-refractivity contribution in [1.29, 1.82) is 5.41 Å². The molecule has 2 aromatic rings. The largest absolute Gasteiger partial charge is 0.368 e. The molecule has 0 bridgehead atoms. The number of anilines is 1. The fraction of sp³-hybridized carbons (Fsp3) is 0.294. The average molecular weight is 299 g/mol. The van der Waals surface area contributed by atoms with E-state index in [9.17, 15) is 0 Å². The summed E-state index contributed by atoms with van der Waals surface area (Å²) in [6, 6.07) is 6.65. The topological polar surface area (TPSA) is 48.8 Å². The summed E-state index contributed by atoms with van der Waals surface area (Å²) in [5.41, 5.74) is 2.24. The number of aryl methyl sites for hydroxylation is 1. The molecule has 0 radical (unpaired) electrons. The molecule has 1 aromatic carbocycles. The lowest BCUT2D eigenvalue weighted by atomic mass is 10.0. The van der Waals surface area contributed by atoms with E-state index in [1.54, 1.807) is 6.92 Å². The maximum atomic E-state index is 7.58. The van der Waals surface area contributed by atoms with Gasteiger partial charge in [0.1, 0.15) is 5.82 Å². The zero-order valence-electron chi connectivity index (χ0n) is 12.9. The summed E-state index contributed by atoms with van der Waals surface area (Å²) in [5, 5.41) is 13.8. The molecular formula is C17H21N3S. The van der Waals surface area contributed by atoms with E-state index in [4.69, 9.17) is 5.41 Å². The minimum atomic E-state index is 0.352. The minimum Gasteiger partial charge on any atom is -0.368 e. The van der Waals surface area contributed by atoms with Gasteiger partial charge in [0.25, 0.3) is 0 Å². The molecule has 0 saturated heterocycles. The van der Waals surface area contributed by atoms with Crippen LogP contribution in [0, 0.1) is 12.3 Å². The highest BCUT2D eigenvalue weighted by molar-refractivity contribution is 8.21. The molecule has 0 unspecified atom stereocenters. The van der Waals surface area contributed by atoms with Gasteiger partial charge < -0.3 is 5.32 Å². The highest BCUT2D eigenvalue weighted by Gasteiger charge is 2.07. The first-order chi connectivity index (χ1) is 9.86. The predicted molar refractivity (Wildman–Crippen MR) is 95.3 cm³/mol. The van der Waals surface area contributed by atoms with Crippen LogP contribution in [0.15, 0.2) is 31.0 Å². The van der Waals surface area contributed by atoms with E-state index in [1.807, 2.05) is 6.20 Å². The minimum absolute atomic E-state index is 0.352. The molecule has 2 N–H and O–H groups in total. The first-order valence-corrected chi connectivity index (χ1v) is 7.77.